The number of halogens is 2. The van der Waals surface area contributed by atoms with Crippen LogP contribution in [0, 0.1) is 0 Å². The van der Waals surface area contributed by atoms with E-state index in [2.05, 4.69) is 26.8 Å². The number of benzene rings is 1. The molecule has 0 radical (unpaired) electrons. The molecule has 0 bridgehead atoms. The van der Waals surface area contributed by atoms with Gasteiger partial charge < -0.3 is 9.47 Å². The maximum atomic E-state index is 6.08. The van der Waals surface area contributed by atoms with Crippen LogP contribution in [0.1, 0.15) is 47.0 Å². The molecule has 0 aromatic heterocycles. The molecule has 0 N–H and O–H groups in total. The van der Waals surface area contributed by atoms with Gasteiger partial charge in [0, 0.05) is 6.61 Å². The Morgan fingerprint density at radius 1 is 1.27 bits per heavy atom. The first kappa shape index (κ1) is 19.3. The van der Waals surface area contributed by atoms with Crippen molar-refractivity contribution in [2.24, 2.45) is 0 Å². The Hall–Kier alpha value is -0.700. The lowest BCUT2D eigenvalue weighted by Crippen LogP contribution is -2.24. The summed E-state index contributed by atoms with van der Waals surface area (Å²) in [5, 5.41) is 0.978. The molecule has 22 heavy (non-hydrogen) atoms. The highest BCUT2D eigenvalue weighted by molar-refractivity contribution is 6.42. The summed E-state index contributed by atoms with van der Waals surface area (Å²) in [6, 6.07) is 5.40. The van der Waals surface area contributed by atoms with Crippen molar-refractivity contribution in [2.75, 3.05) is 13.2 Å². The van der Waals surface area contributed by atoms with Crippen LogP contribution in [0.3, 0.4) is 0 Å². The van der Waals surface area contributed by atoms with Crippen LogP contribution in [0.25, 0.3) is 0 Å². The molecule has 1 rings (SSSR count). The third-order valence-corrected chi connectivity index (χ3v) is 4.27. The fourth-order valence-corrected chi connectivity index (χ4v) is 2.57. The molecular weight excluding hydrogens is 319 g/mol. The molecule has 0 atom stereocenters. The van der Waals surface area contributed by atoms with E-state index in [9.17, 15) is 0 Å². The van der Waals surface area contributed by atoms with Crippen LogP contribution >= 0.6 is 23.2 Å². The van der Waals surface area contributed by atoms with Crippen molar-refractivity contribution in [2.45, 2.75) is 52.6 Å². The van der Waals surface area contributed by atoms with E-state index in [0.717, 1.165) is 25.9 Å². The van der Waals surface area contributed by atoms with Crippen molar-refractivity contribution in [1.29, 1.82) is 0 Å². The summed E-state index contributed by atoms with van der Waals surface area (Å²) in [6.07, 6.45) is 5.29. The first-order valence-corrected chi connectivity index (χ1v) is 8.47. The van der Waals surface area contributed by atoms with Crippen molar-refractivity contribution >= 4 is 23.2 Å². The number of allylic oxidation sites excluding steroid dienone is 1. The van der Waals surface area contributed by atoms with E-state index in [1.807, 2.05) is 19.1 Å². The third kappa shape index (κ3) is 7.04. The van der Waals surface area contributed by atoms with Crippen LogP contribution < -0.4 is 4.74 Å². The zero-order valence-corrected chi connectivity index (χ0v) is 15.4. The lowest BCUT2D eigenvalue weighted by atomic mass is 9.99. The zero-order valence-electron chi connectivity index (χ0n) is 13.9. The lowest BCUT2D eigenvalue weighted by Gasteiger charge is -2.24. The van der Waals surface area contributed by atoms with Gasteiger partial charge in [-0.05, 0) is 65.2 Å². The van der Waals surface area contributed by atoms with Gasteiger partial charge in [-0.1, -0.05) is 34.8 Å². The molecule has 0 spiro atoms. The normalized spacial score (nSPS) is 12.5. The number of hydrogen-bond donors (Lipinski definition) is 0. The van der Waals surface area contributed by atoms with Crippen LogP contribution in [-0.2, 0) is 4.74 Å². The molecule has 0 aliphatic rings. The van der Waals surface area contributed by atoms with Gasteiger partial charge in [0.05, 0.1) is 10.6 Å². The number of rotatable bonds is 9. The van der Waals surface area contributed by atoms with E-state index in [-0.39, 0.29) is 5.60 Å². The Morgan fingerprint density at radius 3 is 2.68 bits per heavy atom. The standard InChI is InChI=1S/C18H26Cl2O2/c1-5-22-18(3,4)12-7-8-14(2)11-13-21-16-10-6-9-15(19)17(16)20/h6,9-11H,5,7-8,12-13H2,1-4H3. The maximum absolute atomic E-state index is 6.08. The topological polar surface area (TPSA) is 18.5 Å². The van der Waals surface area contributed by atoms with Gasteiger partial charge in [-0.25, -0.2) is 0 Å². The van der Waals surface area contributed by atoms with E-state index in [4.69, 9.17) is 32.7 Å². The van der Waals surface area contributed by atoms with Crippen LogP contribution in [0.15, 0.2) is 29.8 Å². The average molecular weight is 345 g/mol. The first-order valence-electron chi connectivity index (χ1n) is 7.72. The summed E-state index contributed by atoms with van der Waals surface area (Å²) in [5.41, 5.74) is 1.27. The van der Waals surface area contributed by atoms with Gasteiger partial charge in [0.2, 0.25) is 0 Å². The maximum Gasteiger partial charge on any atom is 0.139 e. The van der Waals surface area contributed by atoms with Crippen LogP contribution in [0.5, 0.6) is 5.75 Å². The Kier molecular flexibility index (Phi) is 8.30. The molecule has 0 aliphatic carbocycles. The SMILES string of the molecule is CCOC(C)(C)CCCC(C)=CCOc1cccc(Cl)c1Cl. The molecule has 124 valence electrons. The predicted octanol–water partition coefficient (Wildman–Crippen LogP) is 6.30. The van der Waals surface area contributed by atoms with Gasteiger partial charge >= 0.3 is 0 Å². The van der Waals surface area contributed by atoms with Gasteiger partial charge in [-0.15, -0.1) is 0 Å². The summed E-state index contributed by atoms with van der Waals surface area (Å²) >= 11 is 12.0. The molecule has 0 saturated heterocycles. The van der Waals surface area contributed by atoms with Gasteiger partial charge in [0.1, 0.15) is 17.4 Å². The zero-order chi connectivity index (χ0) is 16.6. The minimum atomic E-state index is -0.0418. The molecule has 0 aliphatic heterocycles. The highest BCUT2D eigenvalue weighted by Gasteiger charge is 2.16. The minimum Gasteiger partial charge on any atom is -0.488 e. The van der Waals surface area contributed by atoms with Gasteiger partial charge in [0.15, 0.2) is 0 Å². The molecule has 1 aromatic rings. The smallest absolute Gasteiger partial charge is 0.139 e. The summed E-state index contributed by atoms with van der Waals surface area (Å²) in [7, 11) is 0. The summed E-state index contributed by atoms with van der Waals surface area (Å²) in [6.45, 7) is 9.69. The van der Waals surface area contributed by atoms with Crippen molar-refractivity contribution < 1.29 is 9.47 Å². The fraction of sp³-hybridized carbons (Fsp3) is 0.556. The molecule has 2 nitrogen and oxygen atoms in total. The highest BCUT2D eigenvalue weighted by Crippen LogP contribution is 2.31. The monoisotopic (exact) mass is 344 g/mol. The summed E-state index contributed by atoms with van der Waals surface area (Å²) < 4.78 is 11.4. The van der Waals surface area contributed by atoms with E-state index >= 15 is 0 Å². The molecule has 0 heterocycles. The molecule has 0 fully saturated rings. The fourth-order valence-electron chi connectivity index (χ4n) is 2.23. The van der Waals surface area contributed by atoms with Crippen LogP contribution in [-0.4, -0.2) is 18.8 Å². The summed E-state index contributed by atoms with van der Waals surface area (Å²) in [5.74, 6) is 0.621. The number of ether oxygens (including phenoxy) is 2. The second-order valence-electron chi connectivity index (χ2n) is 5.96. The van der Waals surface area contributed by atoms with E-state index in [1.54, 1.807) is 6.07 Å². The Morgan fingerprint density at radius 2 is 2.00 bits per heavy atom. The van der Waals surface area contributed by atoms with Crippen LogP contribution in [0.4, 0.5) is 0 Å². The van der Waals surface area contributed by atoms with Crippen molar-refractivity contribution in [3.63, 3.8) is 0 Å². The van der Waals surface area contributed by atoms with Gasteiger partial charge in [-0.2, -0.15) is 0 Å². The largest absolute Gasteiger partial charge is 0.488 e. The van der Waals surface area contributed by atoms with E-state index in [0.29, 0.717) is 22.4 Å². The van der Waals surface area contributed by atoms with E-state index < -0.39 is 0 Å². The second-order valence-corrected chi connectivity index (χ2v) is 6.74. The molecule has 0 amide bonds. The molecular formula is C18H26Cl2O2. The van der Waals surface area contributed by atoms with Gasteiger partial charge in [-0.3, -0.25) is 0 Å². The van der Waals surface area contributed by atoms with Crippen molar-refractivity contribution in [3.8, 4) is 5.75 Å². The number of hydrogen-bond acceptors (Lipinski definition) is 2. The molecule has 4 heteroatoms. The lowest BCUT2D eigenvalue weighted by molar-refractivity contribution is -0.0173. The first-order chi connectivity index (χ1) is 10.4. The van der Waals surface area contributed by atoms with Gasteiger partial charge in [0.25, 0.3) is 0 Å². The molecule has 0 saturated carbocycles. The Labute approximate surface area is 144 Å². The Balaban J connectivity index is 2.36. The third-order valence-electron chi connectivity index (χ3n) is 3.47. The van der Waals surface area contributed by atoms with Crippen molar-refractivity contribution in [3.05, 3.63) is 39.9 Å². The molecule has 1 aromatic carbocycles. The average Bonchev–Trinajstić information content (AvgIpc) is 2.43. The Bertz CT molecular complexity index is 496. The predicted molar refractivity (Wildman–Crippen MR) is 95.3 cm³/mol. The minimum absolute atomic E-state index is 0.0418. The van der Waals surface area contributed by atoms with Crippen LogP contribution in [0.2, 0.25) is 10.0 Å². The second kappa shape index (κ2) is 9.44. The summed E-state index contributed by atoms with van der Waals surface area (Å²) in [4.78, 5) is 0. The quantitative estimate of drug-likeness (QED) is 0.489. The highest BCUT2D eigenvalue weighted by atomic mass is 35.5. The van der Waals surface area contributed by atoms with Crippen molar-refractivity contribution in [1.82, 2.24) is 0 Å². The molecule has 0 unspecified atom stereocenters. The van der Waals surface area contributed by atoms with E-state index in [1.165, 1.54) is 5.57 Å².